The van der Waals surface area contributed by atoms with Gasteiger partial charge in [-0.05, 0) is 59.1 Å². The van der Waals surface area contributed by atoms with Crippen molar-refractivity contribution in [2.45, 2.75) is 19.9 Å². The van der Waals surface area contributed by atoms with E-state index >= 15 is 0 Å². The van der Waals surface area contributed by atoms with E-state index in [0.717, 1.165) is 0 Å². The molecule has 0 saturated carbocycles. The molecule has 112 valence electrons. The topological polar surface area (TPSA) is 35.2 Å². The van der Waals surface area contributed by atoms with Crippen LogP contribution in [0, 0.1) is 18.6 Å². The third kappa shape index (κ3) is 3.24. The SMILES string of the molecule is CCOc1ccc(C(N)c2c(F)ccc(C)c2F)cc1Br. The van der Waals surface area contributed by atoms with E-state index in [2.05, 4.69) is 15.9 Å². The van der Waals surface area contributed by atoms with Crippen LogP contribution in [0.5, 0.6) is 5.75 Å². The lowest BCUT2D eigenvalue weighted by molar-refractivity contribution is 0.338. The molecule has 0 amide bonds. The van der Waals surface area contributed by atoms with Gasteiger partial charge in [0.2, 0.25) is 0 Å². The Morgan fingerprint density at radius 3 is 2.57 bits per heavy atom. The summed E-state index contributed by atoms with van der Waals surface area (Å²) in [6.07, 6.45) is 0. The maximum atomic E-state index is 14.1. The predicted octanol–water partition coefficient (Wildman–Crippen LogP) is 4.48. The fourth-order valence-corrected chi connectivity index (χ4v) is 2.62. The second-order valence-electron chi connectivity index (χ2n) is 4.69. The van der Waals surface area contributed by atoms with Crippen LogP contribution < -0.4 is 10.5 Å². The molecule has 0 aliphatic heterocycles. The highest BCUT2D eigenvalue weighted by Crippen LogP contribution is 2.32. The van der Waals surface area contributed by atoms with Crippen LogP contribution in [0.3, 0.4) is 0 Å². The summed E-state index contributed by atoms with van der Waals surface area (Å²) in [7, 11) is 0. The lowest BCUT2D eigenvalue weighted by Gasteiger charge is -2.17. The van der Waals surface area contributed by atoms with E-state index in [-0.39, 0.29) is 5.56 Å². The van der Waals surface area contributed by atoms with Crippen LogP contribution in [-0.4, -0.2) is 6.61 Å². The molecule has 0 fully saturated rings. The monoisotopic (exact) mass is 355 g/mol. The van der Waals surface area contributed by atoms with Gasteiger partial charge in [-0.2, -0.15) is 0 Å². The summed E-state index contributed by atoms with van der Waals surface area (Å²) in [6.45, 7) is 3.99. The predicted molar refractivity (Wildman–Crippen MR) is 82.4 cm³/mol. The van der Waals surface area contributed by atoms with Crippen LogP contribution in [0.2, 0.25) is 0 Å². The zero-order valence-corrected chi connectivity index (χ0v) is 13.4. The smallest absolute Gasteiger partial charge is 0.134 e. The second kappa shape index (κ2) is 6.54. The third-order valence-electron chi connectivity index (χ3n) is 3.25. The number of halogens is 3. The third-order valence-corrected chi connectivity index (χ3v) is 3.87. The van der Waals surface area contributed by atoms with E-state index in [4.69, 9.17) is 10.5 Å². The second-order valence-corrected chi connectivity index (χ2v) is 5.55. The van der Waals surface area contributed by atoms with Crippen LogP contribution in [0.4, 0.5) is 8.78 Å². The molecule has 21 heavy (non-hydrogen) atoms. The van der Waals surface area contributed by atoms with Crippen molar-refractivity contribution in [3.8, 4) is 5.75 Å². The first kappa shape index (κ1) is 15.9. The molecular formula is C16H16BrF2NO. The summed E-state index contributed by atoms with van der Waals surface area (Å²) in [5.74, 6) is -0.582. The highest BCUT2D eigenvalue weighted by atomic mass is 79.9. The minimum Gasteiger partial charge on any atom is -0.493 e. The summed E-state index contributed by atoms with van der Waals surface area (Å²) in [5, 5.41) is 0. The first-order valence-corrected chi connectivity index (χ1v) is 7.37. The van der Waals surface area contributed by atoms with Gasteiger partial charge >= 0.3 is 0 Å². The Labute approximate surface area is 131 Å². The van der Waals surface area contributed by atoms with Crippen molar-refractivity contribution >= 4 is 15.9 Å². The largest absolute Gasteiger partial charge is 0.493 e. The van der Waals surface area contributed by atoms with Crippen molar-refractivity contribution in [1.29, 1.82) is 0 Å². The van der Waals surface area contributed by atoms with Crippen molar-refractivity contribution in [3.63, 3.8) is 0 Å². The molecular weight excluding hydrogens is 340 g/mol. The molecule has 0 radical (unpaired) electrons. The van der Waals surface area contributed by atoms with E-state index in [9.17, 15) is 8.78 Å². The molecule has 1 atom stereocenters. The van der Waals surface area contributed by atoms with Gasteiger partial charge in [-0.25, -0.2) is 8.78 Å². The van der Waals surface area contributed by atoms with Crippen molar-refractivity contribution in [2.24, 2.45) is 5.73 Å². The Morgan fingerprint density at radius 2 is 1.95 bits per heavy atom. The van der Waals surface area contributed by atoms with Crippen molar-refractivity contribution in [2.75, 3.05) is 6.61 Å². The molecule has 2 rings (SSSR count). The van der Waals surface area contributed by atoms with Gasteiger partial charge in [0.25, 0.3) is 0 Å². The number of ether oxygens (including phenoxy) is 1. The van der Waals surface area contributed by atoms with Crippen LogP contribution in [0.1, 0.15) is 29.7 Å². The molecule has 2 aromatic carbocycles. The van der Waals surface area contributed by atoms with Crippen LogP contribution in [0.25, 0.3) is 0 Å². The Bertz CT molecular complexity index is 661. The van der Waals surface area contributed by atoms with Gasteiger partial charge in [-0.15, -0.1) is 0 Å². The zero-order chi connectivity index (χ0) is 15.6. The average molecular weight is 356 g/mol. The molecule has 0 aliphatic carbocycles. The summed E-state index contributed by atoms with van der Waals surface area (Å²) in [5.41, 5.74) is 6.89. The van der Waals surface area contributed by atoms with Gasteiger partial charge in [0, 0.05) is 5.56 Å². The maximum absolute atomic E-state index is 14.1. The molecule has 0 bridgehead atoms. The van der Waals surface area contributed by atoms with Gasteiger partial charge in [-0.3, -0.25) is 0 Å². The molecule has 0 spiro atoms. The highest BCUT2D eigenvalue weighted by Gasteiger charge is 2.20. The van der Waals surface area contributed by atoms with Gasteiger partial charge in [0.1, 0.15) is 17.4 Å². The zero-order valence-electron chi connectivity index (χ0n) is 11.8. The number of benzene rings is 2. The summed E-state index contributed by atoms with van der Waals surface area (Å²) < 4.78 is 34.2. The molecule has 2 nitrogen and oxygen atoms in total. The minimum atomic E-state index is -0.878. The van der Waals surface area contributed by atoms with Gasteiger partial charge < -0.3 is 10.5 Å². The highest BCUT2D eigenvalue weighted by molar-refractivity contribution is 9.10. The Hall–Kier alpha value is -1.46. The number of nitrogens with two attached hydrogens (primary N) is 1. The summed E-state index contributed by atoms with van der Waals surface area (Å²) in [6, 6.07) is 6.91. The van der Waals surface area contributed by atoms with E-state index in [1.165, 1.54) is 12.1 Å². The standard InChI is InChI=1S/C16H16BrF2NO/c1-3-21-13-7-5-10(8-11(13)17)16(20)14-12(18)6-4-9(2)15(14)19/h4-8,16H,3,20H2,1-2H3. The Morgan fingerprint density at radius 1 is 1.24 bits per heavy atom. The van der Waals surface area contributed by atoms with Gasteiger partial charge in [-0.1, -0.05) is 12.1 Å². The van der Waals surface area contributed by atoms with Crippen LogP contribution in [0.15, 0.2) is 34.8 Å². The molecule has 0 aromatic heterocycles. The van der Waals surface area contributed by atoms with Crippen molar-refractivity contribution < 1.29 is 13.5 Å². The number of hydrogen-bond acceptors (Lipinski definition) is 2. The number of rotatable bonds is 4. The summed E-state index contributed by atoms with van der Waals surface area (Å²) >= 11 is 3.37. The quantitative estimate of drug-likeness (QED) is 0.877. The molecule has 2 N–H and O–H groups in total. The molecule has 0 saturated heterocycles. The van der Waals surface area contributed by atoms with Crippen LogP contribution >= 0.6 is 15.9 Å². The Kier molecular flexibility index (Phi) is 4.96. The lowest BCUT2D eigenvalue weighted by atomic mass is 9.97. The first-order valence-electron chi connectivity index (χ1n) is 6.58. The molecule has 5 heteroatoms. The molecule has 1 unspecified atom stereocenters. The Balaban J connectivity index is 2.43. The lowest BCUT2D eigenvalue weighted by Crippen LogP contribution is -2.16. The normalized spacial score (nSPS) is 12.3. The fraction of sp³-hybridized carbons (Fsp3) is 0.250. The van der Waals surface area contributed by atoms with Gasteiger partial charge in [0.05, 0.1) is 17.1 Å². The van der Waals surface area contributed by atoms with E-state index in [1.807, 2.05) is 6.92 Å². The van der Waals surface area contributed by atoms with Crippen molar-refractivity contribution in [3.05, 3.63) is 63.1 Å². The molecule has 0 aliphatic rings. The van der Waals surface area contributed by atoms with Crippen molar-refractivity contribution in [1.82, 2.24) is 0 Å². The summed E-state index contributed by atoms with van der Waals surface area (Å²) in [4.78, 5) is 0. The maximum Gasteiger partial charge on any atom is 0.134 e. The van der Waals surface area contributed by atoms with E-state index < -0.39 is 17.7 Å². The van der Waals surface area contributed by atoms with E-state index in [0.29, 0.717) is 28.0 Å². The first-order chi connectivity index (χ1) is 9.95. The number of aryl methyl sites for hydroxylation is 1. The van der Waals surface area contributed by atoms with Gasteiger partial charge in [0.15, 0.2) is 0 Å². The average Bonchev–Trinajstić information content (AvgIpc) is 2.45. The fourth-order valence-electron chi connectivity index (χ4n) is 2.11. The minimum absolute atomic E-state index is 0.119. The molecule has 2 aromatic rings. The van der Waals surface area contributed by atoms with E-state index in [1.54, 1.807) is 25.1 Å². The number of hydrogen-bond donors (Lipinski definition) is 1. The van der Waals surface area contributed by atoms with Crippen LogP contribution in [-0.2, 0) is 0 Å². The molecule has 0 heterocycles.